The Morgan fingerprint density at radius 1 is 0.500 bits per heavy atom. The van der Waals surface area contributed by atoms with E-state index < -0.39 is 5.41 Å². The van der Waals surface area contributed by atoms with Gasteiger partial charge in [-0.25, -0.2) is 0 Å². The van der Waals surface area contributed by atoms with Crippen LogP contribution in [0.25, 0.3) is 22.5 Å². The van der Waals surface area contributed by atoms with E-state index in [1.165, 1.54) is 33.4 Å². The van der Waals surface area contributed by atoms with Crippen LogP contribution in [-0.2, 0) is 21.7 Å². The van der Waals surface area contributed by atoms with Crippen LogP contribution in [0, 0.1) is 0 Å². The van der Waals surface area contributed by atoms with Gasteiger partial charge in [-0.15, -0.1) is 0 Å². The SMILES string of the molecule is CCC1(C)c2cc(-c3ccccc3)nc(c2)C2(c3cccc(-c4ccccc4)n3)c3cc(C(C)(C)C)ccc3N(c3ccc(C(C)(C)C)cc3)c3ccc1cc32. The molecule has 1 aliphatic carbocycles. The zero-order valence-corrected chi connectivity index (χ0v) is 34.0. The van der Waals surface area contributed by atoms with Crippen molar-refractivity contribution in [3.05, 3.63) is 196 Å². The molecule has 4 bridgehead atoms. The maximum absolute atomic E-state index is 5.78. The summed E-state index contributed by atoms with van der Waals surface area (Å²) in [6.45, 7) is 18.5. The van der Waals surface area contributed by atoms with E-state index in [0.29, 0.717) is 0 Å². The molecule has 56 heavy (non-hydrogen) atoms. The first-order valence-electron chi connectivity index (χ1n) is 20.1. The maximum Gasteiger partial charge on any atom is 0.109 e. The zero-order chi connectivity index (χ0) is 39.0. The molecule has 2 atom stereocenters. The molecular formula is C53H51N3. The van der Waals surface area contributed by atoms with E-state index in [1.807, 2.05) is 0 Å². The molecule has 3 nitrogen and oxygen atoms in total. The van der Waals surface area contributed by atoms with Gasteiger partial charge < -0.3 is 4.90 Å². The molecule has 1 aliphatic heterocycles. The molecule has 3 heterocycles. The van der Waals surface area contributed by atoms with Gasteiger partial charge in [-0.1, -0.05) is 159 Å². The van der Waals surface area contributed by atoms with Crippen LogP contribution in [0.5, 0.6) is 0 Å². The van der Waals surface area contributed by atoms with Gasteiger partial charge >= 0.3 is 0 Å². The molecule has 0 saturated heterocycles. The summed E-state index contributed by atoms with van der Waals surface area (Å²) >= 11 is 0. The maximum atomic E-state index is 5.78. The topological polar surface area (TPSA) is 29.0 Å². The summed E-state index contributed by atoms with van der Waals surface area (Å²) in [6, 6.07) is 56.2. The second-order valence-electron chi connectivity index (χ2n) is 18.0. The van der Waals surface area contributed by atoms with Crippen LogP contribution in [0.1, 0.15) is 107 Å². The molecule has 0 fully saturated rings. The highest BCUT2D eigenvalue weighted by Gasteiger charge is 2.51. The Morgan fingerprint density at radius 3 is 1.70 bits per heavy atom. The van der Waals surface area contributed by atoms with Crippen molar-refractivity contribution in [2.45, 2.75) is 83.5 Å². The zero-order valence-electron chi connectivity index (χ0n) is 34.0. The molecule has 0 amide bonds. The lowest BCUT2D eigenvalue weighted by molar-refractivity contribution is 0.537. The number of aromatic nitrogens is 2. The van der Waals surface area contributed by atoms with Gasteiger partial charge in [-0.05, 0) is 99.2 Å². The number of benzene rings is 5. The van der Waals surface area contributed by atoms with E-state index in [1.54, 1.807) is 0 Å². The van der Waals surface area contributed by atoms with Crippen LogP contribution in [0.3, 0.4) is 0 Å². The lowest BCUT2D eigenvalue weighted by atomic mass is 9.61. The van der Waals surface area contributed by atoms with Gasteiger partial charge in [-0.3, -0.25) is 9.97 Å². The molecule has 0 saturated carbocycles. The predicted octanol–water partition coefficient (Wildman–Crippen LogP) is 13.6. The fourth-order valence-corrected chi connectivity index (χ4v) is 9.01. The van der Waals surface area contributed by atoms with Crippen molar-refractivity contribution in [3.63, 3.8) is 0 Å². The van der Waals surface area contributed by atoms with Gasteiger partial charge in [0, 0.05) is 22.2 Å². The standard InChI is InChI=1S/C53H51N3/c1-9-52(8)39-26-30-47-43(32-39)53(48-22-16-21-44(54-48)35-17-12-10-13-18-35,49-34-40(52)33-45(55-49)36-19-14-11-15-20-36)42-31-38(51(5,6)7)25-29-46(42)56(47)41-27-23-37(24-28-41)50(2,3)4/h10-34H,9H2,1-8H3. The van der Waals surface area contributed by atoms with E-state index in [-0.39, 0.29) is 16.2 Å². The number of rotatable bonds is 5. The molecule has 2 aromatic heterocycles. The summed E-state index contributed by atoms with van der Waals surface area (Å²) in [7, 11) is 0. The van der Waals surface area contributed by atoms with E-state index in [9.17, 15) is 0 Å². The molecule has 278 valence electrons. The van der Waals surface area contributed by atoms with Crippen LogP contribution in [0.2, 0.25) is 0 Å². The molecule has 3 heteroatoms. The Kier molecular flexibility index (Phi) is 8.25. The van der Waals surface area contributed by atoms with Gasteiger partial charge in [-0.2, -0.15) is 0 Å². The smallest absolute Gasteiger partial charge is 0.109 e. The summed E-state index contributed by atoms with van der Waals surface area (Å²) in [5, 5.41) is 0. The Balaban J connectivity index is 1.46. The summed E-state index contributed by atoms with van der Waals surface area (Å²) in [6.07, 6.45) is 0.945. The minimum Gasteiger partial charge on any atom is -0.310 e. The largest absolute Gasteiger partial charge is 0.310 e. The van der Waals surface area contributed by atoms with Crippen LogP contribution in [0.4, 0.5) is 17.1 Å². The number of fused-ring (bicyclic) bond motifs is 6. The highest BCUT2D eigenvalue weighted by molar-refractivity contribution is 5.90. The van der Waals surface area contributed by atoms with Gasteiger partial charge in [0.15, 0.2) is 0 Å². The van der Waals surface area contributed by atoms with E-state index in [2.05, 4.69) is 212 Å². The number of pyridine rings is 2. The first kappa shape index (κ1) is 35.9. The van der Waals surface area contributed by atoms with Crippen LogP contribution in [0.15, 0.2) is 152 Å². The summed E-state index contributed by atoms with van der Waals surface area (Å²) in [5.41, 5.74) is 16.0. The van der Waals surface area contributed by atoms with Crippen LogP contribution >= 0.6 is 0 Å². The van der Waals surface area contributed by atoms with Crippen molar-refractivity contribution >= 4 is 17.1 Å². The molecule has 5 aromatic carbocycles. The summed E-state index contributed by atoms with van der Waals surface area (Å²) in [5.74, 6) is 0. The molecule has 0 N–H and O–H groups in total. The highest BCUT2D eigenvalue weighted by atomic mass is 15.2. The van der Waals surface area contributed by atoms with Crippen LogP contribution in [-0.4, -0.2) is 9.97 Å². The molecule has 0 spiro atoms. The Labute approximate surface area is 333 Å². The monoisotopic (exact) mass is 729 g/mol. The normalized spacial score (nSPS) is 18.5. The number of hydrogen-bond donors (Lipinski definition) is 0. The van der Waals surface area contributed by atoms with Gasteiger partial charge in [0.05, 0.1) is 34.2 Å². The Hall–Kier alpha value is -5.80. The lowest BCUT2D eigenvalue weighted by Crippen LogP contribution is -2.41. The lowest BCUT2D eigenvalue weighted by Gasteiger charge is -2.48. The van der Waals surface area contributed by atoms with Crippen molar-refractivity contribution in [1.29, 1.82) is 0 Å². The highest BCUT2D eigenvalue weighted by Crippen LogP contribution is 2.60. The molecule has 7 aromatic rings. The molecule has 2 unspecified atom stereocenters. The average Bonchev–Trinajstić information content (AvgIpc) is 3.21. The molecule has 2 aliphatic rings. The predicted molar refractivity (Wildman–Crippen MR) is 234 cm³/mol. The first-order chi connectivity index (χ1) is 26.8. The molecular weight excluding hydrogens is 679 g/mol. The summed E-state index contributed by atoms with van der Waals surface area (Å²) < 4.78 is 0. The van der Waals surface area contributed by atoms with Crippen LogP contribution < -0.4 is 4.90 Å². The molecule has 9 rings (SSSR count). The van der Waals surface area contributed by atoms with Crippen molar-refractivity contribution in [3.8, 4) is 22.5 Å². The van der Waals surface area contributed by atoms with Crippen molar-refractivity contribution in [1.82, 2.24) is 9.97 Å². The fraction of sp³-hybridized carbons (Fsp3) is 0.245. The van der Waals surface area contributed by atoms with Crippen molar-refractivity contribution < 1.29 is 0 Å². The minimum absolute atomic E-state index is 0.0477. The van der Waals surface area contributed by atoms with E-state index in [4.69, 9.17) is 9.97 Å². The van der Waals surface area contributed by atoms with Gasteiger partial charge in [0.1, 0.15) is 5.41 Å². The van der Waals surface area contributed by atoms with Crippen molar-refractivity contribution in [2.75, 3.05) is 4.90 Å². The minimum atomic E-state index is -0.844. The third kappa shape index (κ3) is 5.54. The fourth-order valence-electron chi connectivity index (χ4n) is 9.01. The second-order valence-corrected chi connectivity index (χ2v) is 18.0. The Bertz CT molecular complexity index is 2590. The van der Waals surface area contributed by atoms with Crippen molar-refractivity contribution in [2.24, 2.45) is 0 Å². The first-order valence-corrected chi connectivity index (χ1v) is 20.1. The number of hydrogen-bond acceptors (Lipinski definition) is 3. The third-order valence-corrected chi connectivity index (χ3v) is 12.6. The van der Waals surface area contributed by atoms with Gasteiger partial charge in [0.2, 0.25) is 0 Å². The van der Waals surface area contributed by atoms with E-state index >= 15 is 0 Å². The second kappa shape index (κ2) is 12.9. The summed E-state index contributed by atoms with van der Waals surface area (Å²) in [4.78, 5) is 14.0. The Morgan fingerprint density at radius 2 is 1.07 bits per heavy atom. The number of nitrogens with zero attached hydrogens (tertiary/aromatic N) is 3. The molecule has 0 radical (unpaired) electrons. The average molecular weight is 730 g/mol. The quantitative estimate of drug-likeness (QED) is 0.177. The third-order valence-electron chi connectivity index (χ3n) is 12.6. The van der Waals surface area contributed by atoms with E-state index in [0.717, 1.165) is 57.4 Å². The van der Waals surface area contributed by atoms with Gasteiger partial charge in [0.25, 0.3) is 0 Å². The number of anilines is 3.